The van der Waals surface area contributed by atoms with E-state index in [4.69, 9.17) is 9.47 Å². The van der Waals surface area contributed by atoms with Crippen LogP contribution in [0, 0.1) is 6.92 Å². The van der Waals surface area contributed by atoms with Gasteiger partial charge in [-0.25, -0.2) is 9.97 Å². The third kappa shape index (κ3) is 5.96. The highest BCUT2D eigenvalue weighted by Gasteiger charge is 2.11. The van der Waals surface area contributed by atoms with E-state index in [9.17, 15) is 0 Å². The molecular weight excluding hydrogens is 428 g/mol. The normalized spacial score (nSPS) is 10.6. The molecular formula is C23H22N4O2S2. The smallest absolute Gasteiger partial charge is 0.188 e. The summed E-state index contributed by atoms with van der Waals surface area (Å²) in [6.07, 6.45) is 3.65. The Hall–Kier alpha value is -3.10. The molecule has 1 N–H and O–H groups in total. The van der Waals surface area contributed by atoms with Crippen LogP contribution in [0.3, 0.4) is 0 Å². The number of aromatic nitrogens is 3. The van der Waals surface area contributed by atoms with E-state index >= 15 is 0 Å². The maximum Gasteiger partial charge on any atom is 0.188 e. The number of nitrogens with one attached hydrogen (secondary N) is 1. The highest BCUT2D eigenvalue weighted by molar-refractivity contribution is 7.98. The second-order valence-electron chi connectivity index (χ2n) is 6.69. The molecule has 0 unspecified atom stereocenters. The number of rotatable bonds is 9. The van der Waals surface area contributed by atoms with Crippen LogP contribution in [-0.4, -0.2) is 22.1 Å². The standard InChI is InChI=1S/C23H22N4O2S2/c1-16-14-31-23(26-16)27-22-21(29-13-17-6-5-8-19(10-17)28-2)11-20(12-25-22)30-15-18-7-3-4-9-24-18/h3-12,14H,13,15H2,1-2H3,(H,25,26,27). The van der Waals surface area contributed by atoms with Crippen LogP contribution in [0.2, 0.25) is 0 Å². The van der Waals surface area contributed by atoms with E-state index in [0.29, 0.717) is 18.2 Å². The first kappa shape index (κ1) is 21.1. The molecule has 0 spiro atoms. The number of hydrogen-bond donors (Lipinski definition) is 1. The fourth-order valence-corrected chi connectivity index (χ4v) is 4.28. The molecule has 0 aliphatic heterocycles. The highest BCUT2D eigenvalue weighted by Crippen LogP contribution is 2.33. The van der Waals surface area contributed by atoms with Crippen molar-refractivity contribution in [2.75, 3.05) is 12.4 Å². The van der Waals surface area contributed by atoms with Gasteiger partial charge in [-0.1, -0.05) is 18.2 Å². The van der Waals surface area contributed by atoms with Crippen molar-refractivity contribution in [3.63, 3.8) is 0 Å². The number of anilines is 2. The van der Waals surface area contributed by atoms with E-state index in [1.807, 2.05) is 67.0 Å². The lowest BCUT2D eigenvalue weighted by atomic mass is 10.2. The number of thiazole rings is 1. The molecule has 1 aromatic carbocycles. The zero-order valence-electron chi connectivity index (χ0n) is 17.2. The first-order valence-electron chi connectivity index (χ1n) is 9.67. The van der Waals surface area contributed by atoms with Crippen LogP contribution >= 0.6 is 23.1 Å². The van der Waals surface area contributed by atoms with E-state index in [1.54, 1.807) is 25.1 Å². The number of pyridine rings is 2. The number of thioether (sulfide) groups is 1. The molecule has 31 heavy (non-hydrogen) atoms. The monoisotopic (exact) mass is 450 g/mol. The Morgan fingerprint density at radius 3 is 2.81 bits per heavy atom. The third-order valence-corrected chi connectivity index (χ3v) is 6.19. The summed E-state index contributed by atoms with van der Waals surface area (Å²) >= 11 is 3.21. The van der Waals surface area contributed by atoms with Crippen LogP contribution in [0.4, 0.5) is 10.9 Å². The van der Waals surface area contributed by atoms with E-state index in [2.05, 4.69) is 20.3 Å². The van der Waals surface area contributed by atoms with Gasteiger partial charge in [-0.15, -0.1) is 23.1 Å². The summed E-state index contributed by atoms with van der Waals surface area (Å²) in [6, 6.07) is 15.8. The third-order valence-electron chi connectivity index (χ3n) is 4.31. The second kappa shape index (κ2) is 10.3. The Morgan fingerprint density at radius 2 is 2.03 bits per heavy atom. The first-order valence-corrected chi connectivity index (χ1v) is 11.5. The van der Waals surface area contributed by atoms with Gasteiger partial charge in [0, 0.05) is 28.4 Å². The summed E-state index contributed by atoms with van der Waals surface area (Å²) < 4.78 is 11.5. The van der Waals surface area contributed by atoms with Crippen LogP contribution in [0.1, 0.15) is 17.0 Å². The molecule has 0 radical (unpaired) electrons. The predicted octanol–water partition coefficient (Wildman–Crippen LogP) is 5.87. The molecule has 4 aromatic rings. The fourth-order valence-electron chi connectivity index (χ4n) is 2.79. The van der Waals surface area contributed by atoms with E-state index in [0.717, 1.165) is 38.5 Å². The summed E-state index contributed by atoms with van der Waals surface area (Å²) in [4.78, 5) is 14.5. The van der Waals surface area contributed by atoms with Gasteiger partial charge in [0.15, 0.2) is 16.7 Å². The first-order chi connectivity index (χ1) is 15.2. The van der Waals surface area contributed by atoms with Gasteiger partial charge in [0.2, 0.25) is 0 Å². The lowest BCUT2D eigenvalue weighted by Gasteiger charge is -2.13. The summed E-state index contributed by atoms with van der Waals surface area (Å²) in [5.41, 5.74) is 3.00. The highest BCUT2D eigenvalue weighted by atomic mass is 32.2. The van der Waals surface area contributed by atoms with Crippen LogP contribution < -0.4 is 14.8 Å². The van der Waals surface area contributed by atoms with Gasteiger partial charge in [-0.05, 0) is 42.8 Å². The Balaban J connectivity index is 1.53. The van der Waals surface area contributed by atoms with Crippen molar-refractivity contribution in [3.05, 3.63) is 83.3 Å². The molecule has 0 aliphatic carbocycles. The zero-order valence-corrected chi connectivity index (χ0v) is 18.9. The van der Waals surface area contributed by atoms with Crippen molar-refractivity contribution in [3.8, 4) is 11.5 Å². The van der Waals surface area contributed by atoms with Crippen molar-refractivity contribution >= 4 is 34.0 Å². The van der Waals surface area contributed by atoms with Gasteiger partial charge in [-0.3, -0.25) is 4.98 Å². The van der Waals surface area contributed by atoms with Gasteiger partial charge in [-0.2, -0.15) is 0 Å². The molecule has 6 nitrogen and oxygen atoms in total. The summed E-state index contributed by atoms with van der Waals surface area (Å²) in [5.74, 6) is 2.87. The molecule has 4 rings (SSSR count). The molecule has 0 bridgehead atoms. The number of hydrogen-bond acceptors (Lipinski definition) is 8. The van der Waals surface area contributed by atoms with Gasteiger partial charge in [0.1, 0.15) is 12.4 Å². The fraction of sp³-hybridized carbons (Fsp3) is 0.174. The molecule has 0 fully saturated rings. The van der Waals surface area contributed by atoms with Crippen molar-refractivity contribution in [1.82, 2.24) is 15.0 Å². The summed E-state index contributed by atoms with van der Waals surface area (Å²) in [5, 5.41) is 6.06. The van der Waals surface area contributed by atoms with Crippen LogP contribution in [-0.2, 0) is 12.4 Å². The molecule has 0 saturated carbocycles. The predicted molar refractivity (Wildman–Crippen MR) is 125 cm³/mol. The molecule has 0 atom stereocenters. The van der Waals surface area contributed by atoms with Crippen molar-refractivity contribution in [2.24, 2.45) is 0 Å². The van der Waals surface area contributed by atoms with Crippen molar-refractivity contribution in [2.45, 2.75) is 24.2 Å². The van der Waals surface area contributed by atoms with Gasteiger partial charge in [0.05, 0.1) is 18.5 Å². The largest absolute Gasteiger partial charge is 0.497 e. The Labute approximate surface area is 189 Å². The maximum atomic E-state index is 6.16. The Bertz CT molecular complexity index is 1140. The molecule has 0 saturated heterocycles. The summed E-state index contributed by atoms with van der Waals surface area (Å²) in [6.45, 7) is 2.37. The molecule has 158 valence electrons. The Kier molecular flexibility index (Phi) is 7.01. The minimum Gasteiger partial charge on any atom is -0.497 e. The second-order valence-corrected chi connectivity index (χ2v) is 8.59. The van der Waals surface area contributed by atoms with Gasteiger partial charge >= 0.3 is 0 Å². The number of methoxy groups -OCH3 is 1. The number of nitrogens with zero attached hydrogens (tertiary/aromatic N) is 3. The number of benzene rings is 1. The van der Waals surface area contributed by atoms with Crippen molar-refractivity contribution < 1.29 is 9.47 Å². The lowest BCUT2D eigenvalue weighted by molar-refractivity contribution is 0.305. The van der Waals surface area contributed by atoms with Crippen LogP contribution in [0.5, 0.6) is 11.5 Å². The number of aryl methyl sites for hydroxylation is 1. The average Bonchev–Trinajstić information content (AvgIpc) is 3.22. The molecule has 0 aliphatic rings. The molecule has 3 heterocycles. The van der Waals surface area contributed by atoms with E-state index in [1.165, 1.54) is 11.3 Å². The van der Waals surface area contributed by atoms with Gasteiger partial charge in [0.25, 0.3) is 0 Å². The van der Waals surface area contributed by atoms with Gasteiger partial charge < -0.3 is 14.8 Å². The summed E-state index contributed by atoms with van der Waals surface area (Å²) in [7, 11) is 1.66. The minimum atomic E-state index is 0.402. The lowest BCUT2D eigenvalue weighted by Crippen LogP contribution is -2.02. The maximum absolute atomic E-state index is 6.16. The van der Waals surface area contributed by atoms with Crippen LogP contribution in [0.25, 0.3) is 0 Å². The molecule has 0 amide bonds. The zero-order chi connectivity index (χ0) is 21.5. The Morgan fingerprint density at radius 1 is 1.10 bits per heavy atom. The van der Waals surface area contributed by atoms with Crippen LogP contribution in [0.15, 0.2) is 71.2 Å². The van der Waals surface area contributed by atoms with Crippen molar-refractivity contribution in [1.29, 1.82) is 0 Å². The molecule has 8 heteroatoms. The average molecular weight is 451 g/mol. The SMILES string of the molecule is COc1cccc(COc2cc(SCc3ccccn3)cnc2Nc2nc(C)cs2)c1. The van der Waals surface area contributed by atoms with E-state index in [-0.39, 0.29) is 0 Å². The molecule has 3 aromatic heterocycles. The quantitative estimate of drug-likeness (QED) is 0.320. The van der Waals surface area contributed by atoms with E-state index < -0.39 is 0 Å². The minimum absolute atomic E-state index is 0.402. The number of ether oxygens (including phenoxy) is 2. The topological polar surface area (TPSA) is 69.2 Å².